The molecule has 1 aliphatic carbocycles. The van der Waals surface area contributed by atoms with Crippen molar-refractivity contribution in [3.63, 3.8) is 0 Å². The average Bonchev–Trinajstić information content (AvgIpc) is 2.92. The Morgan fingerprint density at radius 2 is 1.94 bits per heavy atom. The van der Waals surface area contributed by atoms with Gasteiger partial charge in [0, 0.05) is 25.3 Å². The van der Waals surface area contributed by atoms with E-state index in [1.165, 1.54) is 12.8 Å². The molecule has 4 heteroatoms. The summed E-state index contributed by atoms with van der Waals surface area (Å²) >= 11 is 0. The summed E-state index contributed by atoms with van der Waals surface area (Å²) in [5.41, 5.74) is 7.42. The number of amides is 2. The van der Waals surface area contributed by atoms with Gasteiger partial charge < -0.3 is 16.0 Å². The van der Waals surface area contributed by atoms with Gasteiger partial charge in [0.25, 0.3) is 0 Å². The van der Waals surface area contributed by atoms with Crippen LogP contribution in [0.15, 0.2) is 24.3 Å². The van der Waals surface area contributed by atoms with Crippen molar-refractivity contribution in [1.82, 2.24) is 4.90 Å². The van der Waals surface area contributed by atoms with E-state index in [1.54, 1.807) is 0 Å². The molecule has 0 saturated heterocycles. The number of carbonyl (C=O) groups excluding carboxylic acids is 1. The van der Waals surface area contributed by atoms with Crippen molar-refractivity contribution in [3.05, 3.63) is 29.8 Å². The van der Waals surface area contributed by atoms with Crippen molar-refractivity contribution in [2.24, 2.45) is 5.73 Å². The summed E-state index contributed by atoms with van der Waals surface area (Å²) in [7, 11) is 1.87. The zero-order valence-electron chi connectivity index (χ0n) is 10.9. The highest BCUT2D eigenvalue weighted by atomic mass is 16.2. The quantitative estimate of drug-likeness (QED) is 0.862. The molecule has 2 amide bonds. The lowest BCUT2D eigenvalue weighted by Gasteiger charge is -2.24. The van der Waals surface area contributed by atoms with Crippen molar-refractivity contribution >= 4 is 11.7 Å². The van der Waals surface area contributed by atoms with Crippen LogP contribution in [0.4, 0.5) is 10.5 Å². The lowest BCUT2D eigenvalue weighted by Crippen LogP contribution is -2.38. The van der Waals surface area contributed by atoms with Gasteiger partial charge in [-0.25, -0.2) is 4.79 Å². The minimum atomic E-state index is -0.0256. The molecule has 2 rings (SSSR count). The molecule has 3 N–H and O–H groups in total. The highest BCUT2D eigenvalue weighted by Crippen LogP contribution is 2.23. The minimum Gasteiger partial charge on any atom is -0.326 e. The van der Waals surface area contributed by atoms with Crippen LogP contribution in [0.2, 0.25) is 0 Å². The fraction of sp³-hybridized carbons (Fsp3) is 0.500. The Hall–Kier alpha value is -1.55. The van der Waals surface area contributed by atoms with Crippen LogP contribution in [-0.4, -0.2) is 24.0 Å². The molecule has 1 aromatic carbocycles. The van der Waals surface area contributed by atoms with Crippen LogP contribution in [0.3, 0.4) is 0 Å². The summed E-state index contributed by atoms with van der Waals surface area (Å²) in [5, 5.41) is 2.92. The number of carbonyl (C=O) groups is 1. The van der Waals surface area contributed by atoms with E-state index in [0.29, 0.717) is 12.6 Å². The normalized spacial score (nSPS) is 15.7. The van der Waals surface area contributed by atoms with Crippen LogP contribution in [0.5, 0.6) is 0 Å². The van der Waals surface area contributed by atoms with E-state index in [2.05, 4.69) is 5.32 Å². The van der Waals surface area contributed by atoms with Crippen molar-refractivity contribution in [2.75, 3.05) is 12.4 Å². The average molecular weight is 247 g/mol. The monoisotopic (exact) mass is 247 g/mol. The molecule has 0 atom stereocenters. The first-order valence-corrected chi connectivity index (χ1v) is 6.53. The van der Waals surface area contributed by atoms with E-state index >= 15 is 0 Å². The van der Waals surface area contributed by atoms with E-state index in [4.69, 9.17) is 5.73 Å². The number of anilines is 1. The molecule has 0 aliphatic heterocycles. The number of nitrogens with two attached hydrogens (primary N) is 1. The number of hydrogen-bond acceptors (Lipinski definition) is 2. The lowest BCUT2D eigenvalue weighted by molar-refractivity contribution is 0.205. The smallest absolute Gasteiger partial charge is 0.321 e. The van der Waals surface area contributed by atoms with E-state index in [-0.39, 0.29) is 6.03 Å². The van der Waals surface area contributed by atoms with Crippen molar-refractivity contribution in [1.29, 1.82) is 0 Å². The van der Waals surface area contributed by atoms with Crippen molar-refractivity contribution in [3.8, 4) is 0 Å². The van der Waals surface area contributed by atoms with Gasteiger partial charge in [-0.05, 0) is 30.5 Å². The topological polar surface area (TPSA) is 58.4 Å². The molecule has 1 fully saturated rings. The molecule has 0 aromatic heterocycles. The van der Waals surface area contributed by atoms with Crippen LogP contribution in [-0.2, 0) is 6.54 Å². The molecule has 1 aliphatic rings. The van der Waals surface area contributed by atoms with Gasteiger partial charge in [-0.15, -0.1) is 0 Å². The highest BCUT2D eigenvalue weighted by molar-refractivity contribution is 5.89. The van der Waals surface area contributed by atoms with Crippen LogP contribution in [0, 0.1) is 0 Å². The third kappa shape index (κ3) is 3.01. The van der Waals surface area contributed by atoms with Gasteiger partial charge in [0.05, 0.1) is 0 Å². The standard InChI is InChI=1S/C14H21N3O/c1-17(13-4-2-3-5-13)14(18)16-12-8-6-11(10-15)7-9-12/h6-9,13H,2-5,10,15H2,1H3,(H,16,18). The molecular formula is C14H21N3O. The number of nitrogens with zero attached hydrogens (tertiary/aromatic N) is 1. The second kappa shape index (κ2) is 5.87. The van der Waals surface area contributed by atoms with Gasteiger partial charge in [-0.2, -0.15) is 0 Å². The van der Waals surface area contributed by atoms with Gasteiger partial charge in [0.1, 0.15) is 0 Å². The van der Waals surface area contributed by atoms with Crippen LogP contribution >= 0.6 is 0 Å². The van der Waals surface area contributed by atoms with E-state index in [0.717, 1.165) is 24.1 Å². The Morgan fingerprint density at radius 1 is 1.33 bits per heavy atom. The van der Waals surface area contributed by atoms with Gasteiger partial charge in [-0.1, -0.05) is 25.0 Å². The van der Waals surface area contributed by atoms with E-state index < -0.39 is 0 Å². The maximum absolute atomic E-state index is 12.0. The zero-order chi connectivity index (χ0) is 13.0. The summed E-state index contributed by atoms with van der Waals surface area (Å²) in [6.45, 7) is 0.524. The van der Waals surface area contributed by atoms with Crippen LogP contribution in [0.25, 0.3) is 0 Å². The third-order valence-electron chi connectivity index (χ3n) is 3.63. The minimum absolute atomic E-state index is 0.0256. The Kier molecular flexibility index (Phi) is 4.20. The van der Waals surface area contributed by atoms with Crippen LogP contribution < -0.4 is 11.1 Å². The third-order valence-corrected chi connectivity index (χ3v) is 3.63. The number of rotatable bonds is 3. The summed E-state index contributed by atoms with van der Waals surface area (Å²) in [5.74, 6) is 0. The van der Waals surface area contributed by atoms with E-state index in [9.17, 15) is 4.79 Å². The first kappa shape index (κ1) is 12.9. The molecule has 18 heavy (non-hydrogen) atoms. The fourth-order valence-electron chi connectivity index (χ4n) is 2.39. The van der Waals surface area contributed by atoms with Gasteiger partial charge in [-0.3, -0.25) is 0 Å². The number of hydrogen-bond donors (Lipinski definition) is 2. The summed E-state index contributed by atoms with van der Waals surface area (Å²) in [6, 6.07) is 8.03. The Labute approximate surface area is 108 Å². The molecule has 0 heterocycles. The summed E-state index contributed by atoms with van der Waals surface area (Å²) in [4.78, 5) is 13.9. The lowest BCUT2D eigenvalue weighted by atomic mass is 10.2. The van der Waals surface area contributed by atoms with Gasteiger partial charge >= 0.3 is 6.03 Å². The largest absolute Gasteiger partial charge is 0.326 e. The zero-order valence-corrected chi connectivity index (χ0v) is 10.9. The fourth-order valence-corrected chi connectivity index (χ4v) is 2.39. The highest BCUT2D eigenvalue weighted by Gasteiger charge is 2.23. The SMILES string of the molecule is CN(C(=O)Nc1ccc(CN)cc1)C1CCCC1. The molecule has 1 aromatic rings. The molecule has 0 radical (unpaired) electrons. The maximum atomic E-state index is 12.0. The van der Waals surface area contributed by atoms with E-state index in [1.807, 2.05) is 36.2 Å². The van der Waals surface area contributed by atoms with Crippen molar-refractivity contribution < 1.29 is 4.79 Å². The second-order valence-electron chi connectivity index (χ2n) is 4.88. The molecule has 0 bridgehead atoms. The summed E-state index contributed by atoms with van der Waals surface area (Å²) in [6.07, 6.45) is 4.70. The number of nitrogens with one attached hydrogen (secondary N) is 1. The predicted octanol–water partition coefficient (Wildman–Crippen LogP) is 2.55. The van der Waals surface area contributed by atoms with Crippen molar-refractivity contribution in [2.45, 2.75) is 38.3 Å². The summed E-state index contributed by atoms with van der Waals surface area (Å²) < 4.78 is 0. The van der Waals surface area contributed by atoms with Gasteiger partial charge in [0.15, 0.2) is 0 Å². The molecule has 4 nitrogen and oxygen atoms in total. The molecule has 0 spiro atoms. The molecule has 98 valence electrons. The molecule has 1 saturated carbocycles. The Balaban J connectivity index is 1.93. The number of urea groups is 1. The first-order chi connectivity index (χ1) is 8.70. The first-order valence-electron chi connectivity index (χ1n) is 6.53. The molecular weight excluding hydrogens is 226 g/mol. The Bertz CT molecular complexity index is 396. The second-order valence-corrected chi connectivity index (χ2v) is 4.88. The number of benzene rings is 1. The maximum Gasteiger partial charge on any atom is 0.321 e. The van der Waals surface area contributed by atoms with Crippen LogP contribution in [0.1, 0.15) is 31.2 Å². The van der Waals surface area contributed by atoms with Gasteiger partial charge in [0.2, 0.25) is 0 Å². The molecule has 0 unspecified atom stereocenters. The Morgan fingerprint density at radius 3 is 2.50 bits per heavy atom. The predicted molar refractivity (Wildman–Crippen MR) is 73.4 cm³/mol.